The summed E-state index contributed by atoms with van der Waals surface area (Å²) in [5.41, 5.74) is 1.13. The Morgan fingerprint density at radius 1 is 1.32 bits per heavy atom. The minimum absolute atomic E-state index is 0.00572. The molecule has 0 amide bonds. The van der Waals surface area contributed by atoms with Crippen molar-refractivity contribution in [1.29, 1.82) is 0 Å². The van der Waals surface area contributed by atoms with Gasteiger partial charge in [0.15, 0.2) is 0 Å². The monoisotopic (exact) mass is 376 g/mol. The van der Waals surface area contributed by atoms with Crippen LogP contribution in [0.3, 0.4) is 0 Å². The summed E-state index contributed by atoms with van der Waals surface area (Å²) >= 11 is 7.59. The van der Waals surface area contributed by atoms with Crippen molar-refractivity contribution in [1.82, 2.24) is 19.5 Å². The van der Waals surface area contributed by atoms with Gasteiger partial charge in [0.1, 0.15) is 5.82 Å². The Bertz CT molecular complexity index is 889. The van der Waals surface area contributed by atoms with Gasteiger partial charge in [-0.15, -0.1) is 5.10 Å². The molecular weight excluding hydrogens is 356 g/mol. The minimum atomic E-state index is -0.00572. The van der Waals surface area contributed by atoms with E-state index in [9.17, 15) is 5.11 Å². The third-order valence-corrected chi connectivity index (χ3v) is 6.12. The van der Waals surface area contributed by atoms with Gasteiger partial charge in [-0.1, -0.05) is 42.0 Å². The van der Waals surface area contributed by atoms with Crippen molar-refractivity contribution >= 4 is 27.9 Å². The van der Waals surface area contributed by atoms with Gasteiger partial charge in [-0.2, -0.15) is 4.52 Å². The predicted molar refractivity (Wildman–Crippen MR) is 101 cm³/mol. The molecule has 0 radical (unpaired) electrons. The molecule has 2 aromatic heterocycles. The molecule has 0 spiro atoms. The largest absolute Gasteiger partial charge is 0.492 e. The number of piperidine rings is 1. The summed E-state index contributed by atoms with van der Waals surface area (Å²) in [4.78, 5) is 8.49. The van der Waals surface area contributed by atoms with Crippen molar-refractivity contribution in [2.45, 2.75) is 32.7 Å². The van der Waals surface area contributed by atoms with Gasteiger partial charge in [0, 0.05) is 11.6 Å². The van der Waals surface area contributed by atoms with E-state index in [-0.39, 0.29) is 11.9 Å². The van der Waals surface area contributed by atoms with Gasteiger partial charge in [0.25, 0.3) is 0 Å². The quantitative estimate of drug-likeness (QED) is 0.741. The first-order valence-electron chi connectivity index (χ1n) is 8.57. The Morgan fingerprint density at radius 3 is 2.76 bits per heavy atom. The standard InChI is InChI=1S/C18H21ClN4OS/c1-11-4-3-9-22(10-11)15(13-5-7-14(19)8-6-13)16-17(24)23-18(25-16)20-12(2)21-23/h5-8,11,15,24H,3-4,9-10H2,1-2H3/t11-,15+/m1/s1. The summed E-state index contributed by atoms with van der Waals surface area (Å²) in [6, 6.07) is 7.92. The van der Waals surface area contributed by atoms with E-state index < -0.39 is 0 Å². The van der Waals surface area contributed by atoms with Crippen LogP contribution in [0, 0.1) is 12.8 Å². The van der Waals surface area contributed by atoms with Crippen LogP contribution in [-0.2, 0) is 0 Å². The summed E-state index contributed by atoms with van der Waals surface area (Å²) < 4.78 is 1.55. The Morgan fingerprint density at radius 2 is 2.08 bits per heavy atom. The zero-order valence-corrected chi connectivity index (χ0v) is 15.9. The van der Waals surface area contributed by atoms with E-state index in [0.717, 1.165) is 33.5 Å². The molecule has 3 heterocycles. The van der Waals surface area contributed by atoms with E-state index in [2.05, 4.69) is 21.9 Å². The summed E-state index contributed by atoms with van der Waals surface area (Å²) in [5.74, 6) is 1.51. The molecule has 1 saturated heterocycles. The first-order chi connectivity index (χ1) is 12.0. The van der Waals surface area contributed by atoms with Gasteiger partial charge in [-0.25, -0.2) is 4.98 Å². The van der Waals surface area contributed by atoms with Gasteiger partial charge in [-0.05, 0) is 49.9 Å². The first-order valence-corrected chi connectivity index (χ1v) is 9.77. The van der Waals surface area contributed by atoms with E-state index in [4.69, 9.17) is 11.6 Å². The molecule has 2 atom stereocenters. The molecule has 3 aromatic rings. The number of benzene rings is 1. The molecular formula is C18H21ClN4OS. The van der Waals surface area contributed by atoms with Crippen molar-refractivity contribution in [2.24, 2.45) is 5.92 Å². The number of rotatable bonds is 3. The number of aromatic hydroxyl groups is 1. The molecule has 0 aliphatic carbocycles. The molecule has 1 aromatic carbocycles. The molecule has 132 valence electrons. The molecule has 0 saturated carbocycles. The maximum Gasteiger partial charge on any atom is 0.230 e. The second-order valence-electron chi connectivity index (χ2n) is 6.84. The average Bonchev–Trinajstić information content (AvgIpc) is 3.08. The fourth-order valence-corrected chi connectivity index (χ4v) is 4.95. The summed E-state index contributed by atoms with van der Waals surface area (Å²) in [5, 5.41) is 15.8. The lowest BCUT2D eigenvalue weighted by molar-refractivity contribution is 0.149. The van der Waals surface area contributed by atoms with Crippen LogP contribution in [0.4, 0.5) is 0 Å². The molecule has 5 nitrogen and oxygen atoms in total. The number of fused-ring (bicyclic) bond motifs is 1. The second-order valence-corrected chi connectivity index (χ2v) is 8.29. The summed E-state index contributed by atoms with van der Waals surface area (Å²) in [6.07, 6.45) is 2.43. The number of hydrogen-bond acceptors (Lipinski definition) is 5. The molecule has 1 N–H and O–H groups in total. The first kappa shape index (κ1) is 16.8. The normalized spacial score (nSPS) is 20.2. The van der Waals surface area contributed by atoms with E-state index in [1.54, 1.807) is 4.52 Å². The molecule has 4 rings (SSSR count). The summed E-state index contributed by atoms with van der Waals surface area (Å²) in [7, 11) is 0. The maximum atomic E-state index is 10.8. The molecule has 7 heteroatoms. The van der Waals surface area contributed by atoms with Crippen LogP contribution in [0.5, 0.6) is 5.88 Å². The molecule has 0 unspecified atom stereocenters. The Kier molecular flexibility index (Phi) is 4.43. The fraction of sp³-hybridized carbons (Fsp3) is 0.444. The number of thiazole rings is 1. The Balaban J connectivity index is 1.81. The zero-order chi connectivity index (χ0) is 17.6. The Labute approximate surface area is 155 Å². The van der Waals surface area contributed by atoms with E-state index >= 15 is 0 Å². The molecule has 1 aliphatic rings. The van der Waals surface area contributed by atoms with E-state index in [0.29, 0.717) is 11.7 Å². The van der Waals surface area contributed by atoms with Crippen molar-refractivity contribution in [2.75, 3.05) is 13.1 Å². The molecule has 1 fully saturated rings. The minimum Gasteiger partial charge on any atom is -0.492 e. The van der Waals surface area contributed by atoms with Crippen LogP contribution in [-0.4, -0.2) is 37.7 Å². The lowest BCUT2D eigenvalue weighted by Gasteiger charge is -2.37. The van der Waals surface area contributed by atoms with Gasteiger partial charge in [0.05, 0.1) is 10.9 Å². The number of halogens is 1. The highest BCUT2D eigenvalue weighted by atomic mass is 35.5. The third-order valence-electron chi connectivity index (χ3n) is 4.79. The highest BCUT2D eigenvalue weighted by Crippen LogP contribution is 2.41. The van der Waals surface area contributed by atoms with Crippen LogP contribution >= 0.6 is 22.9 Å². The van der Waals surface area contributed by atoms with Crippen molar-refractivity contribution < 1.29 is 5.11 Å². The summed E-state index contributed by atoms with van der Waals surface area (Å²) in [6.45, 7) is 6.15. The van der Waals surface area contributed by atoms with Crippen LogP contribution in [0.2, 0.25) is 5.02 Å². The number of aromatic nitrogens is 3. The predicted octanol–water partition coefficient (Wildman–Crippen LogP) is 4.28. The highest BCUT2D eigenvalue weighted by Gasteiger charge is 2.31. The van der Waals surface area contributed by atoms with Gasteiger partial charge >= 0.3 is 0 Å². The average molecular weight is 377 g/mol. The van der Waals surface area contributed by atoms with Crippen LogP contribution in [0.1, 0.15) is 42.1 Å². The van der Waals surface area contributed by atoms with Crippen molar-refractivity contribution in [3.05, 3.63) is 45.6 Å². The topological polar surface area (TPSA) is 53.7 Å². The number of nitrogens with zero attached hydrogens (tertiary/aromatic N) is 4. The van der Waals surface area contributed by atoms with Gasteiger partial charge in [0.2, 0.25) is 10.8 Å². The number of likely N-dealkylation sites (tertiary alicyclic amines) is 1. The molecule has 25 heavy (non-hydrogen) atoms. The van der Waals surface area contributed by atoms with Crippen molar-refractivity contribution in [3.8, 4) is 5.88 Å². The van der Waals surface area contributed by atoms with Gasteiger partial charge < -0.3 is 5.11 Å². The lowest BCUT2D eigenvalue weighted by Crippen LogP contribution is -2.37. The number of aryl methyl sites for hydroxylation is 1. The second kappa shape index (κ2) is 6.59. The van der Waals surface area contributed by atoms with Crippen LogP contribution in [0.15, 0.2) is 24.3 Å². The number of hydrogen-bond donors (Lipinski definition) is 1. The molecule has 1 aliphatic heterocycles. The van der Waals surface area contributed by atoms with Crippen LogP contribution in [0.25, 0.3) is 4.96 Å². The SMILES string of the molecule is Cc1nc2sc([C@H](c3ccc(Cl)cc3)N3CCC[C@@H](C)C3)c(O)n2n1. The fourth-order valence-electron chi connectivity index (χ4n) is 3.66. The Hall–Kier alpha value is -1.63. The molecule has 0 bridgehead atoms. The highest BCUT2D eigenvalue weighted by molar-refractivity contribution is 7.17. The van der Waals surface area contributed by atoms with E-state index in [1.165, 1.54) is 24.2 Å². The van der Waals surface area contributed by atoms with E-state index in [1.807, 2.05) is 31.2 Å². The van der Waals surface area contributed by atoms with Crippen molar-refractivity contribution in [3.63, 3.8) is 0 Å². The maximum absolute atomic E-state index is 10.8. The van der Waals surface area contributed by atoms with Gasteiger partial charge in [-0.3, -0.25) is 4.90 Å². The lowest BCUT2D eigenvalue weighted by atomic mass is 9.95. The smallest absolute Gasteiger partial charge is 0.230 e. The van der Waals surface area contributed by atoms with Crippen LogP contribution < -0.4 is 0 Å². The third kappa shape index (κ3) is 3.14. The zero-order valence-electron chi connectivity index (χ0n) is 14.3.